The van der Waals surface area contributed by atoms with Crippen molar-refractivity contribution in [2.24, 2.45) is 0 Å². The Kier molecular flexibility index (Phi) is 11.9. The first-order chi connectivity index (χ1) is 26.2. The van der Waals surface area contributed by atoms with Crippen molar-refractivity contribution >= 4 is 11.4 Å². The topological polar surface area (TPSA) is 61.9 Å². The van der Waals surface area contributed by atoms with Crippen LogP contribution in [0.4, 0.5) is 11.4 Å². The molecule has 53 heavy (non-hydrogen) atoms. The summed E-state index contributed by atoms with van der Waals surface area (Å²) in [7, 11) is 0. The monoisotopic (exact) mass is 714 g/mol. The third-order valence-corrected chi connectivity index (χ3v) is 10.5. The summed E-state index contributed by atoms with van der Waals surface area (Å²) in [5.74, 6) is 1.93. The number of fused-ring (bicyclic) bond motifs is 15. The van der Waals surface area contributed by atoms with Gasteiger partial charge in [0.25, 0.3) is 0 Å². The van der Waals surface area contributed by atoms with Gasteiger partial charge in [-0.2, -0.15) is 0 Å². The van der Waals surface area contributed by atoms with Gasteiger partial charge < -0.3 is 38.2 Å². The number of hydrogen-bond donors (Lipinski definition) is 0. The summed E-state index contributed by atoms with van der Waals surface area (Å²) in [6, 6.07) is 27.4. The highest BCUT2D eigenvalue weighted by Crippen LogP contribution is 2.36. The van der Waals surface area contributed by atoms with Gasteiger partial charge in [-0.15, -0.1) is 0 Å². The normalized spacial score (nSPS) is 18.9. The van der Waals surface area contributed by atoms with Crippen molar-refractivity contribution in [2.75, 3.05) is 75.9 Å². The van der Waals surface area contributed by atoms with Crippen molar-refractivity contribution in [1.29, 1.82) is 0 Å². The minimum atomic E-state index is 0.504. The maximum absolute atomic E-state index is 6.30. The van der Waals surface area contributed by atoms with E-state index in [1.165, 1.54) is 55.9 Å². The molecule has 0 unspecified atom stereocenters. The van der Waals surface area contributed by atoms with Crippen LogP contribution in [0.3, 0.4) is 0 Å². The smallest absolute Gasteiger partial charge is 0.217 e. The van der Waals surface area contributed by atoms with Crippen molar-refractivity contribution in [1.82, 2.24) is 0 Å². The summed E-state index contributed by atoms with van der Waals surface area (Å²) in [6.07, 6.45) is 11.7. The molecule has 0 fully saturated rings. The van der Waals surface area contributed by atoms with Crippen molar-refractivity contribution in [3.8, 4) is 11.5 Å². The molecule has 15 rings (SSSR count). The van der Waals surface area contributed by atoms with Crippen LogP contribution in [0.5, 0.6) is 11.5 Å². The molecular weight excluding hydrogens is 665 g/mol. The van der Waals surface area contributed by atoms with E-state index in [9.17, 15) is 0 Å². The van der Waals surface area contributed by atoms with Crippen LogP contribution in [0.15, 0.2) is 85.2 Å². The Hall–Kier alpha value is -4.34. The Balaban J connectivity index is 1.02. The van der Waals surface area contributed by atoms with Crippen LogP contribution >= 0.6 is 0 Å². The molecule has 0 amide bonds. The number of nitrogens with zero attached hydrogens (tertiary/aromatic N) is 2. The van der Waals surface area contributed by atoms with E-state index in [0.717, 1.165) is 62.9 Å². The fraction of sp³-hybridized carbons (Fsp3) is 0.400. The molecular formula is C45H50N2O6. The van der Waals surface area contributed by atoms with Crippen molar-refractivity contribution < 1.29 is 28.4 Å². The first-order valence-electron chi connectivity index (χ1n) is 19.3. The molecule has 2 radical (unpaired) electrons. The summed E-state index contributed by atoms with van der Waals surface area (Å²) in [5.41, 5.74) is 12.7. The van der Waals surface area contributed by atoms with Gasteiger partial charge in [0.15, 0.2) is 0 Å². The molecule has 11 aliphatic rings. The van der Waals surface area contributed by atoms with Gasteiger partial charge in [0.05, 0.1) is 52.9 Å². The molecule has 0 saturated carbocycles. The first-order valence-corrected chi connectivity index (χ1v) is 19.3. The molecule has 8 aliphatic carbocycles. The summed E-state index contributed by atoms with van der Waals surface area (Å²) < 4.78 is 35.6. The molecule has 8 nitrogen and oxygen atoms in total. The Labute approximate surface area is 314 Å². The summed E-state index contributed by atoms with van der Waals surface area (Å²) in [5, 5.41) is 0. The first kappa shape index (κ1) is 35.7. The summed E-state index contributed by atoms with van der Waals surface area (Å²) in [4.78, 5) is 4.38. The third-order valence-electron chi connectivity index (χ3n) is 10.5. The lowest BCUT2D eigenvalue weighted by Gasteiger charge is -2.25. The lowest BCUT2D eigenvalue weighted by molar-refractivity contribution is -0.00703. The molecule has 0 N–H and O–H groups in total. The molecule has 0 aromatic heterocycles. The molecule has 4 aromatic carbocycles. The zero-order valence-corrected chi connectivity index (χ0v) is 30.7. The Morgan fingerprint density at radius 1 is 0.358 bits per heavy atom. The maximum Gasteiger partial charge on any atom is 0.217 e. The second-order valence-electron chi connectivity index (χ2n) is 14.1. The highest BCUT2D eigenvalue weighted by atomic mass is 16.6. The van der Waals surface area contributed by atoms with Crippen LogP contribution in [0.25, 0.3) is 0 Å². The Morgan fingerprint density at radius 3 is 1.11 bits per heavy atom. The van der Waals surface area contributed by atoms with Crippen LogP contribution in [0.2, 0.25) is 0 Å². The lowest BCUT2D eigenvalue weighted by Crippen LogP contribution is -2.21. The van der Waals surface area contributed by atoms with E-state index in [2.05, 4.69) is 102 Å². The Morgan fingerprint density at radius 2 is 0.698 bits per heavy atom. The zero-order chi connectivity index (χ0) is 35.7. The average Bonchev–Trinajstić information content (AvgIpc) is 3.66. The third kappa shape index (κ3) is 9.25. The quantitative estimate of drug-likeness (QED) is 0.179. The Bertz CT molecular complexity index is 1740. The second-order valence-corrected chi connectivity index (χ2v) is 14.1. The summed E-state index contributed by atoms with van der Waals surface area (Å²) in [6.45, 7) is 8.90. The number of rotatable bonds is 0. The van der Waals surface area contributed by atoms with E-state index >= 15 is 0 Å². The van der Waals surface area contributed by atoms with Gasteiger partial charge in [-0.05, 0) is 120 Å². The van der Waals surface area contributed by atoms with E-state index in [0.29, 0.717) is 66.1 Å². The van der Waals surface area contributed by atoms with E-state index in [-0.39, 0.29) is 0 Å². The van der Waals surface area contributed by atoms with E-state index in [1.807, 2.05) is 0 Å². The largest absolute Gasteiger partial charge is 0.491 e. The van der Waals surface area contributed by atoms with Gasteiger partial charge in [0, 0.05) is 23.8 Å². The molecule has 0 saturated heterocycles. The summed E-state index contributed by atoms with van der Waals surface area (Å²) >= 11 is 0. The molecule has 8 heteroatoms. The molecule has 0 spiro atoms. The molecule has 14 bridgehead atoms. The number of ether oxygens (including phenoxy) is 6. The van der Waals surface area contributed by atoms with Crippen molar-refractivity contribution in [3.05, 3.63) is 136 Å². The maximum atomic E-state index is 6.30. The molecule has 0 atom stereocenters. The van der Waals surface area contributed by atoms with Crippen LogP contribution in [0, 0.1) is 6.67 Å². The van der Waals surface area contributed by atoms with E-state index in [1.54, 1.807) is 0 Å². The highest BCUT2D eigenvalue weighted by Gasteiger charge is 2.24. The van der Waals surface area contributed by atoms with E-state index < -0.39 is 0 Å². The van der Waals surface area contributed by atoms with Crippen LogP contribution < -0.4 is 19.3 Å². The lowest BCUT2D eigenvalue weighted by atomic mass is 9.94. The standard InChI is InChI=1S/C45H50N2O6/c1-9-38-11-3-36-7-15-40-13-5-34(1)29-42(38)46-17-18-47(33-46)43-30-35-2-10-39(43)12-4-37-8-16-41(14-6-35)45(32-37)53-28-26-51-24-22-49-20-19-48-21-23-50-25-27-52-44(40)31-36/h1-2,7-10,15-18,29-32H,3-6,11-14,19-28H2. The van der Waals surface area contributed by atoms with Gasteiger partial charge in [-0.25, -0.2) is 0 Å². The van der Waals surface area contributed by atoms with Crippen LogP contribution in [0.1, 0.15) is 44.5 Å². The fourth-order valence-corrected chi connectivity index (χ4v) is 7.48. The average molecular weight is 715 g/mol. The minimum Gasteiger partial charge on any atom is -0.491 e. The van der Waals surface area contributed by atoms with Gasteiger partial charge in [0.2, 0.25) is 6.67 Å². The predicted molar refractivity (Wildman–Crippen MR) is 207 cm³/mol. The number of anilines is 2. The van der Waals surface area contributed by atoms with Crippen molar-refractivity contribution in [3.63, 3.8) is 0 Å². The fourth-order valence-electron chi connectivity index (χ4n) is 7.48. The van der Waals surface area contributed by atoms with Gasteiger partial charge in [-0.3, -0.25) is 0 Å². The number of benzene rings is 4. The van der Waals surface area contributed by atoms with Gasteiger partial charge in [0.1, 0.15) is 24.7 Å². The van der Waals surface area contributed by atoms with Gasteiger partial charge in [-0.1, -0.05) is 48.5 Å². The molecule has 4 aromatic rings. The van der Waals surface area contributed by atoms with Crippen LogP contribution in [-0.4, -0.2) is 66.1 Å². The molecule has 3 aliphatic heterocycles. The molecule has 3 heterocycles. The van der Waals surface area contributed by atoms with E-state index in [4.69, 9.17) is 28.4 Å². The number of hydrogen-bond acceptors (Lipinski definition) is 8. The minimum absolute atomic E-state index is 0.504. The predicted octanol–water partition coefficient (Wildman–Crippen LogP) is 7.09. The molecule has 276 valence electrons. The van der Waals surface area contributed by atoms with Gasteiger partial charge >= 0.3 is 0 Å². The zero-order valence-electron chi connectivity index (χ0n) is 30.7. The highest BCUT2D eigenvalue weighted by molar-refractivity contribution is 5.68. The second kappa shape index (κ2) is 17.7. The SMILES string of the molecule is [C]1N2C=CN1c1cc3ccc1CCc1ccc(c(c1)OCCOCCOCCOCCOCCOc1cc4ccc1CCc1ccc(c2c1)CC4)CC3. The van der Waals surface area contributed by atoms with Crippen LogP contribution in [-0.2, 0) is 70.3 Å². The van der Waals surface area contributed by atoms with Crippen molar-refractivity contribution in [2.45, 2.75) is 51.4 Å². The number of aryl methyl sites for hydroxylation is 8.